The van der Waals surface area contributed by atoms with E-state index in [1.807, 2.05) is 0 Å². The van der Waals surface area contributed by atoms with Crippen molar-refractivity contribution in [2.24, 2.45) is 0 Å². The van der Waals surface area contributed by atoms with Gasteiger partial charge in [-0.3, -0.25) is 4.79 Å². The van der Waals surface area contributed by atoms with Crippen molar-refractivity contribution >= 4 is 11.8 Å². The lowest BCUT2D eigenvalue weighted by molar-refractivity contribution is 0.0474. The third-order valence-electron chi connectivity index (χ3n) is 2.66. The van der Waals surface area contributed by atoms with Gasteiger partial charge in [0.2, 0.25) is 0 Å². The number of ketones is 1. The number of aromatic hydroxyl groups is 1. The molecule has 0 unspecified atom stereocenters. The van der Waals surface area contributed by atoms with E-state index >= 15 is 0 Å². The number of ether oxygens (including phenoxy) is 1. The molecule has 0 spiro atoms. The first kappa shape index (κ1) is 14.6. The Hall–Kier alpha value is -2.76. The number of phenolic OH excluding ortho intramolecular Hbond substituents is 1. The molecule has 0 amide bonds. The average molecular weight is 292 g/mol. The van der Waals surface area contributed by atoms with Gasteiger partial charge in [0, 0.05) is 5.56 Å². The molecule has 0 aliphatic heterocycles. The van der Waals surface area contributed by atoms with E-state index < -0.39 is 30.0 Å². The number of carbonyl (C=O) groups excluding carboxylic acids is 2. The minimum absolute atomic E-state index is 0.0769. The van der Waals surface area contributed by atoms with Gasteiger partial charge in [-0.15, -0.1) is 0 Å². The van der Waals surface area contributed by atoms with Crippen LogP contribution in [0, 0.1) is 11.6 Å². The quantitative estimate of drug-likeness (QED) is 0.695. The lowest BCUT2D eigenvalue weighted by atomic mass is 10.1. The number of halogens is 2. The largest absolute Gasteiger partial charge is 0.508 e. The molecule has 6 heteroatoms. The molecule has 0 heterocycles. The fourth-order valence-electron chi connectivity index (χ4n) is 1.60. The van der Waals surface area contributed by atoms with Crippen molar-refractivity contribution in [2.45, 2.75) is 0 Å². The summed E-state index contributed by atoms with van der Waals surface area (Å²) in [6.45, 7) is -0.612. The van der Waals surface area contributed by atoms with Crippen LogP contribution in [0.3, 0.4) is 0 Å². The van der Waals surface area contributed by atoms with E-state index in [1.165, 1.54) is 24.3 Å². The summed E-state index contributed by atoms with van der Waals surface area (Å²) in [5.74, 6) is -3.80. The highest BCUT2D eigenvalue weighted by molar-refractivity contribution is 5.99. The molecule has 0 bridgehead atoms. The van der Waals surface area contributed by atoms with Crippen LogP contribution in [0.4, 0.5) is 8.78 Å². The molecule has 2 rings (SSSR count). The highest BCUT2D eigenvalue weighted by atomic mass is 19.2. The topological polar surface area (TPSA) is 63.6 Å². The molecule has 0 saturated carbocycles. The van der Waals surface area contributed by atoms with Gasteiger partial charge in [-0.1, -0.05) is 6.07 Å². The maximum Gasteiger partial charge on any atom is 0.338 e. The molecule has 2 aromatic carbocycles. The van der Waals surface area contributed by atoms with Crippen molar-refractivity contribution in [1.29, 1.82) is 0 Å². The normalized spacial score (nSPS) is 10.2. The van der Waals surface area contributed by atoms with Gasteiger partial charge < -0.3 is 9.84 Å². The fourth-order valence-corrected chi connectivity index (χ4v) is 1.60. The van der Waals surface area contributed by atoms with Crippen molar-refractivity contribution in [1.82, 2.24) is 0 Å². The van der Waals surface area contributed by atoms with E-state index in [9.17, 15) is 23.5 Å². The molecule has 1 N–H and O–H groups in total. The standard InChI is InChI=1S/C15H10F2O4/c16-12-5-4-9(7-13(12)17)14(19)8-21-15(20)10-2-1-3-11(18)6-10/h1-7,18H,8H2. The third kappa shape index (κ3) is 3.62. The van der Waals surface area contributed by atoms with Gasteiger partial charge in [-0.2, -0.15) is 0 Å². The van der Waals surface area contributed by atoms with Gasteiger partial charge in [0.25, 0.3) is 0 Å². The molecule has 108 valence electrons. The third-order valence-corrected chi connectivity index (χ3v) is 2.66. The molecule has 4 nitrogen and oxygen atoms in total. The summed E-state index contributed by atoms with van der Waals surface area (Å²) in [5.41, 5.74) is -0.0225. The van der Waals surface area contributed by atoms with Crippen LogP contribution in [0.2, 0.25) is 0 Å². The molecule has 0 aliphatic rings. The Morgan fingerprint density at radius 1 is 1.00 bits per heavy atom. The lowest BCUT2D eigenvalue weighted by Crippen LogP contribution is -2.14. The maximum absolute atomic E-state index is 13.0. The first-order chi connectivity index (χ1) is 9.97. The van der Waals surface area contributed by atoms with Gasteiger partial charge in [-0.05, 0) is 36.4 Å². The van der Waals surface area contributed by atoms with E-state index in [0.717, 1.165) is 18.2 Å². The summed E-state index contributed by atoms with van der Waals surface area (Å²) < 4.78 is 30.5. The Morgan fingerprint density at radius 3 is 2.43 bits per heavy atom. The number of benzene rings is 2. The Bertz CT molecular complexity index is 698. The van der Waals surface area contributed by atoms with Crippen LogP contribution in [0.1, 0.15) is 20.7 Å². The number of carbonyl (C=O) groups is 2. The number of hydrogen-bond acceptors (Lipinski definition) is 4. The zero-order valence-corrected chi connectivity index (χ0v) is 10.7. The average Bonchev–Trinajstić information content (AvgIpc) is 2.47. The number of hydrogen-bond donors (Lipinski definition) is 1. The highest BCUT2D eigenvalue weighted by Gasteiger charge is 2.14. The Morgan fingerprint density at radius 2 is 1.76 bits per heavy atom. The van der Waals surface area contributed by atoms with E-state index in [2.05, 4.69) is 0 Å². The molecule has 0 radical (unpaired) electrons. The smallest absolute Gasteiger partial charge is 0.338 e. The Labute approximate surface area is 118 Å². The summed E-state index contributed by atoms with van der Waals surface area (Å²) in [5, 5.41) is 9.22. The van der Waals surface area contributed by atoms with Crippen LogP contribution in [-0.4, -0.2) is 23.5 Å². The number of rotatable bonds is 4. The second kappa shape index (κ2) is 6.13. The predicted octanol–water partition coefficient (Wildman–Crippen LogP) is 2.71. The van der Waals surface area contributed by atoms with Crippen LogP contribution in [0.25, 0.3) is 0 Å². The Kier molecular flexibility index (Phi) is 4.27. The second-order valence-electron chi connectivity index (χ2n) is 4.18. The Balaban J connectivity index is 2.00. The second-order valence-corrected chi connectivity index (χ2v) is 4.18. The zero-order valence-electron chi connectivity index (χ0n) is 10.7. The SMILES string of the molecule is O=C(COC(=O)c1cccc(O)c1)c1ccc(F)c(F)c1. The lowest BCUT2D eigenvalue weighted by Gasteiger charge is -2.05. The molecular formula is C15H10F2O4. The zero-order chi connectivity index (χ0) is 15.4. The van der Waals surface area contributed by atoms with E-state index in [-0.39, 0.29) is 16.9 Å². The molecule has 0 fully saturated rings. The van der Waals surface area contributed by atoms with Crippen molar-refractivity contribution in [3.8, 4) is 5.75 Å². The van der Waals surface area contributed by atoms with Gasteiger partial charge in [0.1, 0.15) is 5.75 Å². The summed E-state index contributed by atoms with van der Waals surface area (Å²) in [4.78, 5) is 23.3. The predicted molar refractivity (Wildman–Crippen MR) is 69.1 cm³/mol. The summed E-state index contributed by atoms with van der Waals surface area (Å²) in [7, 11) is 0. The van der Waals surface area contributed by atoms with Crippen LogP contribution < -0.4 is 0 Å². The molecule has 0 atom stereocenters. The minimum Gasteiger partial charge on any atom is -0.508 e. The maximum atomic E-state index is 13.0. The van der Waals surface area contributed by atoms with Crippen LogP contribution in [0.5, 0.6) is 5.75 Å². The van der Waals surface area contributed by atoms with E-state index in [1.54, 1.807) is 0 Å². The summed E-state index contributed by atoms with van der Waals surface area (Å²) in [6, 6.07) is 8.07. The van der Waals surface area contributed by atoms with Gasteiger partial charge in [-0.25, -0.2) is 13.6 Å². The van der Waals surface area contributed by atoms with E-state index in [4.69, 9.17) is 4.74 Å². The number of Topliss-reactive ketones (excluding diaryl/α,β-unsaturated/α-hetero) is 1. The molecular weight excluding hydrogens is 282 g/mol. The van der Waals surface area contributed by atoms with Crippen LogP contribution in [0.15, 0.2) is 42.5 Å². The molecule has 21 heavy (non-hydrogen) atoms. The van der Waals surface area contributed by atoms with E-state index in [0.29, 0.717) is 0 Å². The summed E-state index contributed by atoms with van der Waals surface area (Å²) >= 11 is 0. The number of esters is 1. The molecule has 0 aliphatic carbocycles. The first-order valence-corrected chi connectivity index (χ1v) is 5.92. The van der Waals surface area contributed by atoms with Gasteiger partial charge >= 0.3 is 5.97 Å². The molecule has 0 aromatic heterocycles. The van der Waals surface area contributed by atoms with Crippen molar-refractivity contribution in [2.75, 3.05) is 6.61 Å². The van der Waals surface area contributed by atoms with Crippen LogP contribution >= 0.6 is 0 Å². The highest BCUT2D eigenvalue weighted by Crippen LogP contribution is 2.13. The fraction of sp³-hybridized carbons (Fsp3) is 0.0667. The van der Waals surface area contributed by atoms with Gasteiger partial charge in [0.05, 0.1) is 5.56 Å². The molecule has 2 aromatic rings. The summed E-state index contributed by atoms with van der Waals surface area (Å²) in [6.07, 6.45) is 0. The van der Waals surface area contributed by atoms with Crippen molar-refractivity contribution in [3.05, 3.63) is 65.2 Å². The number of phenols is 1. The molecule has 0 saturated heterocycles. The van der Waals surface area contributed by atoms with Crippen molar-refractivity contribution in [3.63, 3.8) is 0 Å². The minimum atomic E-state index is -1.15. The first-order valence-electron chi connectivity index (χ1n) is 5.92. The monoisotopic (exact) mass is 292 g/mol. The van der Waals surface area contributed by atoms with Gasteiger partial charge in [0.15, 0.2) is 24.0 Å². The van der Waals surface area contributed by atoms with Crippen molar-refractivity contribution < 1.29 is 28.2 Å². The van der Waals surface area contributed by atoms with Crippen LogP contribution in [-0.2, 0) is 4.74 Å².